The van der Waals surface area contributed by atoms with Crippen LogP contribution < -0.4 is 9.47 Å². The number of para-hydroxylation sites is 1. The Morgan fingerprint density at radius 3 is 2.05 bits per heavy atom. The van der Waals surface area contributed by atoms with Gasteiger partial charge in [-0.3, -0.25) is 10.1 Å². The highest BCUT2D eigenvalue weighted by Crippen LogP contribution is 2.40. The van der Waals surface area contributed by atoms with Crippen LogP contribution in [-0.4, -0.2) is 16.6 Å². The minimum atomic E-state index is -2.16. The van der Waals surface area contributed by atoms with Gasteiger partial charge in [0, 0.05) is 33.8 Å². The van der Waals surface area contributed by atoms with Gasteiger partial charge in [-0.2, -0.15) is 8.78 Å². The molecule has 0 N–H and O–H groups in total. The Balaban J connectivity index is 3.30. The van der Waals surface area contributed by atoms with Gasteiger partial charge in [-0.05, 0) is 6.07 Å². The number of nitro groups is 1. The van der Waals surface area contributed by atoms with E-state index in [9.17, 15) is 18.9 Å². The Bertz CT molecular complexity index is 478. The van der Waals surface area contributed by atoms with Gasteiger partial charge in [-0.15, -0.1) is 0 Å². The summed E-state index contributed by atoms with van der Waals surface area (Å²) in [7, 11) is 0. The lowest BCUT2D eigenvalue weighted by atomic mass is 10.2. The van der Waals surface area contributed by atoms with Crippen molar-refractivity contribution in [2.45, 2.75) is 39.4 Å². The first-order chi connectivity index (χ1) is 8.49. The zero-order valence-corrected chi connectivity index (χ0v) is 11.1. The molecule has 0 atom stereocenters. The fourth-order valence-electron chi connectivity index (χ4n) is 1.34. The summed E-state index contributed by atoms with van der Waals surface area (Å²) >= 11 is 0. The predicted octanol–water partition coefficient (Wildman–Crippen LogP) is 3.76. The highest BCUT2D eigenvalue weighted by molar-refractivity contribution is 5.56. The Kier molecular flexibility index (Phi) is 3.97. The average Bonchev–Trinajstić information content (AvgIpc) is 2.15. The molecular weight excluding hydrogens is 260 g/mol. The monoisotopic (exact) mass is 275 g/mol. The van der Waals surface area contributed by atoms with E-state index in [-0.39, 0.29) is 5.75 Å². The predicted molar refractivity (Wildman–Crippen MR) is 64.7 cm³/mol. The first-order valence-electron chi connectivity index (χ1n) is 5.53. The van der Waals surface area contributed by atoms with E-state index >= 15 is 0 Å². The highest BCUT2D eigenvalue weighted by atomic mass is 19.2. The van der Waals surface area contributed by atoms with Crippen LogP contribution in [0.15, 0.2) is 18.2 Å². The molecule has 0 spiro atoms. The van der Waals surface area contributed by atoms with Crippen LogP contribution in [0, 0.1) is 10.1 Å². The van der Waals surface area contributed by atoms with Gasteiger partial charge in [-0.1, -0.05) is 6.07 Å². The molecule has 0 heterocycles. The number of nitrogens with zero attached hydrogens (tertiary/aromatic N) is 1. The molecule has 0 radical (unpaired) electrons. The number of hydrogen-bond acceptors (Lipinski definition) is 4. The maximum atomic E-state index is 13.5. The van der Waals surface area contributed by atoms with Crippen molar-refractivity contribution in [1.82, 2.24) is 0 Å². The third-order valence-electron chi connectivity index (χ3n) is 1.85. The molecule has 19 heavy (non-hydrogen) atoms. The lowest BCUT2D eigenvalue weighted by molar-refractivity contribution is -0.386. The average molecular weight is 275 g/mol. The Morgan fingerprint density at radius 1 is 1.11 bits per heavy atom. The van der Waals surface area contributed by atoms with Crippen molar-refractivity contribution >= 4 is 5.69 Å². The van der Waals surface area contributed by atoms with E-state index in [1.54, 1.807) is 0 Å². The van der Waals surface area contributed by atoms with Gasteiger partial charge in [0.15, 0.2) is 5.75 Å². The Labute approximate surface area is 109 Å². The van der Waals surface area contributed by atoms with Gasteiger partial charge in [0.25, 0.3) is 0 Å². The van der Waals surface area contributed by atoms with Crippen LogP contribution in [0.4, 0.5) is 14.5 Å². The summed E-state index contributed by atoms with van der Waals surface area (Å²) in [5.41, 5.74) is -0.493. The second kappa shape index (κ2) is 4.99. The Hall–Kier alpha value is -1.92. The highest BCUT2D eigenvalue weighted by Gasteiger charge is 2.30. The third kappa shape index (κ3) is 4.69. The van der Waals surface area contributed by atoms with Crippen LogP contribution in [0.5, 0.6) is 11.5 Å². The van der Waals surface area contributed by atoms with Gasteiger partial charge in [0.05, 0.1) is 4.92 Å². The van der Waals surface area contributed by atoms with Crippen molar-refractivity contribution in [2.24, 2.45) is 0 Å². The second-order valence-electron chi connectivity index (χ2n) is 4.79. The molecule has 0 unspecified atom stereocenters. The van der Waals surface area contributed by atoms with E-state index in [0.29, 0.717) is 0 Å². The summed E-state index contributed by atoms with van der Waals surface area (Å²) in [6.07, 6.45) is 0. The molecule has 1 aromatic rings. The molecule has 0 aliphatic heterocycles. The summed E-state index contributed by atoms with van der Waals surface area (Å²) in [5.74, 6) is -4.91. The lowest BCUT2D eigenvalue weighted by Crippen LogP contribution is -2.25. The molecular formula is C12H15F2NO4. The van der Waals surface area contributed by atoms with Gasteiger partial charge in [-0.25, -0.2) is 0 Å². The molecule has 0 aromatic heterocycles. The standard InChI is InChI=1S/C12H15F2NO4/c1-11(2,13)18-9-7-5-6-8(15(16)17)10(9)19-12(3,4)14/h5-7H,1-4H3. The van der Waals surface area contributed by atoms with Gasteiger partial charge in [0.1, 0.15) is 0 Å². The third-order valence-corrected chi connectivity index (χ3v) is 1.85. The molecule has 106 valence electrons. The fraction of sp³-hybridized carbons (Fsp3) is 0.500. The number of ether oxygens (including phenoxy) is 2. The normalized spacial score (nSPS) is 12.1. The van der Waals surface area contributed by atoms with Crippen LogP contribution in [0.3, 0.4) is 0 Å². The minimum absolute atomic E-state index is 0.229. The van der Waals surface area contributed by atoms with E-state index in [0.717, 1.165) is 33.8 Å². The topological polar surface area (TPSA) is 61.6 Å². The molecule has 1 rings (SSSR count). The molecule has 0 aliphatic carbocycles. The van der Waals surface area contributed by atoms with Crippen molar-refractivity contribution < 1.29 is 23.2 Å². The SMILES string of the molecule is CC(C)(F)Oc1cccc([N+](=O)[O-])c1OC(C)(C)F. The van der Waals surface area contributed by atoms with Crippen LogP contribution >= 0.6 is 0 Å². The van der Waals surface area contributed by atoms with Crippen molar-refractivity contribution in [3.63, 3.8) is 0 Å². The van der Waals surface area contributed by atoms with E-state index in [1.165, 1.54) is 12.1 Å². The zero-order chi connectivity index (χ0) is 14.8. The molecule has 1 aromatic carbocycles. The number of alkyl halides is 2. The van der Waals surface area contributed by atoms with Crippen LogP contribution in [0.25, 0.3) is 0 Å². The van der Waals surface area contributed by atoms with Crippen molar-refractivity contribution in [2.75, 3.05) is 0 Å². The first-order valence-corrected chi connectivity index (χ1v) is 5.53. The van der Waals surface area contributed by atoms with Crippen LogP contribution in [0.1, 0.15) is 27.7 Å². The van der Waals surface area contributed by atoms with Gasteiger partial charge in [0.2, 0.25) is 17.5 Å². The number of benzene rings is 1. The molecule has 0 amide bonds. The summed E-state index contributed by atoms with van der Waals surface area (Å²) in [6.45, 7) is 4.40. The van der Waals surface area contributed by atoms with Crippen molar-refractivity contribution in [3.8, 4) is 11.5 Å². The van der Waals surface area contributed by atoms with Crippen LogP contribution in [0.2, 0.25) is 0 Å². The summed E-state index contributed by atoms with van der Waals surface area (Å²) in [4.78, 5) is 10.1. The minimum Gasteiger partial charge on any atom is -0.454 e. The molecule has 7 heteroatoms. The van der Waals surface area contributed by atoms with E-state index in [4.69, 9.17) is 9.47 Å². The molecule has 0 saturated heterocycles. The summed E-state index contributed by atoms with van der Waals surface area (Å²) < 4.78 is 36.8. The van der Waals surface area contributed by atoms with Crippen LogP contribution in [-0.2, 0) is 0 Å². The van der Waals surface area contributed by atoms with E-state index in [2.05, 4.69) is 0 Å². The molecule has 0 bridgehead atoms. The maximum absolute atomic E-state index is 13.5. The largest absolute Gasteiger partial charge is 0.454 e. The lowest BCUT2D eigenvalue weighted by Gasteiger charge is -2.22. The van der Waals surface area contributed by atoms with Crippen molar-refractivity contribution in [3.05, 3.63) is 28.3 Å². The number of rotatable bonds is 5. The zero-order valence-electron chi connectivity index (χ0n) is 11.1. The molecule has 0 aliphatic rings. The number of hydrogen-bond donors (Lipinski definition) is 0. The summed E-state index contributed by atoms with van der Waals surface area (Å²) in [5, 5.41) is 10.9. The van der Waals surface area contributed by atoms with Gasteiger partial charge >= 0.3 is 5.69 Å². The van der Waals surface area contributed by atoms with E-state index < -0.39 is 28.1 Å². The van der Waals surface area contributed by atoms with Gasteiger partial charge < -0.3 is 9.47 Å². The maximum Gasteiger partial charge on any atom is 0.314 e. The number of nitro benzene ring substituents is 1. The first kappa shape index (κ1) is 15.1. The fourth-order valence-corrected chi connectivity index (χ4v) is 1.34. The smallest absolute Gasteiger partial charge is 0.314 e. The molecule has 0 saturated carbocycles. The number of halogens is 2. The summed E-state index contributed by atoms with van der Waals surface area (Å²) in [6, 6.07) is 3.70. The second-order valence-corrected chi connectivity index (χ2v) is 4.79. The molecule has 5 nitrogen and oxygen atoms in total. The molecule has 0 fully saturated rings. The quantitative estimate of drug-likeness (QED) is 0.606. The van der Waals surface area contributed by atoms with E-state index in [1.807, 2.05) is 0 Å². The van der Waals surface area contributed by atoms with Crippen molar-refractivity contribution in [1.29, 1.82) is 0 Å². The Morgan fingerprint density at radius 2 is 1.63 bits per heavy atom.